The van der Waals surface area contributed by atoms with Crippen molar-refractivity contribution < 1.29 is 37.7 Å². The van der Waals surface area contributed by atoms with Crippen molar-refractivity contribution in [2.24, 2.45) is 0 Å². The summed E-state index contributed by atoms with van der Waals surface area (Å²) in [7, 11) is 1.27. The topological polar surface area (TPSA) is 99.0 Å². The number of alkyl halides is 2. The number of ether oxygens (including phenoxy) is 3. The number of aliphatic hydroxyl groups is 1. The molecule has 1 aromatic heterocycles. The number of hydrogen-bond donors (Lipinski definition) is 2. The Hall–Kier alpha value is -3.66. The molecule has 0 saturated heterocycles. The van der Waals surface area contributed by atoms with E-state index in [1.165, 1.54) is 19.2 Å². The number of benzene rings is 2. The zero-order valence-corrected chi connectivity index (χ0v) is 22.3. The van der Waals surface area contributed by atoms with Crippen molar-refractivity contribution in [3.8, 4) is 11.5 Å². The van der Waals surface area contributed by atoms with Crippen LogP contribution in [0.25, 0.3) is 10.9 Å². The van der Waals surface area contributed by atoms with Gasteiger partial charge in [-0.25, -0.2) is 4.79 Å². The third-order valence-electron chi connectivity index (χ3n) is 7.40. The number of fused-ring (bicyclic) bond motifs is 2. The summed E-state index contributed by atoms with van der Waals surface area (Å²) in [4.78, 5) is 24.9. The third-order valence-corrected chi connectivity index (χ3v) is 7.40. The molecule has 1 amide bonds. The van der Waals surface area contributed by atoms with Crippen molar-refractivity contribution in [3.05, 3.63) is 59.3 Å². The molecule has 5 rings (SSSR count). The number of halogens is 2. The number of hydrogen-bond acceptors (Lipinski definition) is 6. The Morgan fingerprint density at radius 1 is 1.10 bits per heavy atom. The molecule has 2 heterocycles. The first kappa shape index (κ1) is 26.9. The van der Waals surface area contributed by atoms with Gasteiger partial charge in [-0.15, -0.1) is 8.78 Å². The molecule has 2 aliphatic rings. The van der Waals surface area contributed by atoms with Gasteiger partial charge in [0.1, 0.15) is 5.78 Å². The number of amides is 1. The Morgan fingerprint density at radius 3 is 2.49 bits per heavy atom. The second-order valence-electron chi connectivity index (χ2n) is 11.3. The van der Waals surface area contributed by atoms with Crippen molar-refractivity contribution in [2.75, 3.05) is 13.7 Å². The summed E-state index contributed by atoms with van der Waals surface area (Å²) in [5.41, 5.74) is 2.48. The second kappa shape index (κ2) is 9.51. The highest BCUT2D eigenvalue weighted by molar-refractivity contribution is 5.95. The summed E-state index contributed by atoms with van der Waals surface area (Å²) >= 11 is 0. The van der Waals surface area contributed by atoms with E-state index in [0.29, 0.717) is 18.4 Å². The fraction of sp³-hybridized carbons (Fsp3) is 0.448. The highest BCUT2D eigenvalue weighted by atomic mass is 19.3. The zero-order valence-electron chi connectivity index (χ0n) is 22.3. The minimum Gasteiger partial charge on any atom is -0.453 e. The average molecular weight is 543 g/mol. The van der Waals surface area contributed by atoms with E-state index < -0.39 is 23.9 Å². The van der Waals surface area contributed by atoms with Crippen LogP contribution in [-0.2, 0) is 33.3 Å². The molecule has 8 nitrogen and oxygen atoms in total. The van der Waals surface area contributed by atoms with Gasteiger partial charge in [0.05, 0.1) is 25.2 Å². The summed E-state index contributed by atoms with van der Waals surface area (Å²) in [5, 5.41) is 14.0. The summed E-state index contributed by atoms with van der Waals surface area (Å²) in [6, 6.07) is 12.5. The van der Waals surface area contributed by atoms with Crippen LogP contribution in [0.2, 0.25) is 0 Å². The first-order valence-corrected chi connectivity index (χ1v) is 12.9. The fourth-order valence-electron chi connectivity index (χ4n) is 5.25. The van der Waals surface area contributed by atoms with Crippen LogP contribution in [0.5, 0.6) is 11.5 Å². The van der Waals surface area contributed by atoms with Gasteiger partial charge in [-0.05, 0) is 54.3 Å². The molecule has 0 bridgehead atoms. The predicted octanol–water partition coefficient (Wildman–Crippen LogP) is 4.82. The van der Waals surface area contributed by atoms with Gasteiger partial charge in [-0.2, -0.15) is 0 Å². The van der Waals surface area contributed by atoms with Crippen LogP contribution in [0, 0.1) is 0 Å². The molecule has 1 atom stereocenters. The number of nitrogens with zero attached hydrogens (tertiary/aromatic N) is 1. The van der Waals surface area contributed by atoms with E-state index in [4.69, 9.17) is 0 Å². The molecule has 3 aromatic rings. The third kappa shape index (κ3) is 5.30. The van der Waals surface area contributed by atoms with E-state index in [1.807, 2.05) is 22.8 Å². The van der Waals surface area contributed by atoms with Crippen molar-refractivity contribution >= 4 is 22.8 Å². The smallest absolute Gasteiger partial charge is 0.453 e. The van der Waals surface area contributed by atoms with Crippen molar-refractivity contribution in [2.45, 2.75) is 69.8 Å². The number of aromatic nitrogens is 1. The molecular weight excluding hydrogens is 510 g/mol. The number of alkyl carbamates (subject to hydrolysis) is 1. The minimum atomic E-state index is -3.70. The molecule has 0 radical (unpaired) electrons. The molecule has 208 valence electrons. The second-order valence-corrected chi connectivity index (χ2v) is 11.3. The first-order valence-electron chi connectivity index (χ1n) is 12.9. The van der Waals surface area contributed by atoms with E-state index >= 15 is 0 Å². The number of methoxy groups -OCH3 is 1. The summed E-state index contributed by atoms with van der Waals surface area (Å²) in [5.74, 6) is -0.0758. The fourth-order valence-corrected chi connectivity index (χ4v) is 5.25. The molecule has 1 aliphatic heterocycles. The van der Waals surface area contributed by atoms with Crippen LogP contribution in [0.1, 0.15) is 50.4 Å². The van der Waals surface area contributed by atoms with Gasteiger partial charge in [0.15, 0.2) is 11.5 Å². The molecule has 39 heavy (non-hydrogen) atoms. The largest absolute Gasteiger partial charge is 0.586 e. The van der Waals surface area contributed by atoms with Gasteiger partial charge in [-0.3, -0.25) is 4.79 Å². The van der Waals surface area contributed by atoms with Crippen LogP contribution in [0.4, 0.5) is 13.6 Å². The zero-order chi connectivity index (χ0) is 28.2. The van der Waals surface area contributed by atoms with Gasteiger partial charge in [0.25, 0.3) is 0 Å². The van der Waals surface area contributed by atoms with E-state index in [2.05, 4.69) is 46.4 Å². The lowest BCUT2D eigenvalue weighted by Gasteiger charge is -2.24. The summed E-state index contributed by atoms with van der Waals surface area (Å²) in [6.07, 6.45) is -3.66. The molecule has 2 N–H and O–H groups in total. The molecular formula is C29H32F2N2O6. The number of ketones is 1. The van der Waals surface area contributed by atoms with Gasteiger partial charge < -0.3 is 29.2 Å². The number of rotatable bonds is 8. The Morgan fingerprint density at radius 2 is 1.82 bits per heavy atom. The van der Waals surface area contributed by atoms with Crippen molar-refractivity contribution in [1.82, 2.24) is 9.88 Å². The number of Topliss-reactive ketones (excluding diaryl/α,β-unsaturated/α-hetero) is 1. The van der Waals surface area contributed by atoms with Gasteiger partial charge in [0, 0.05) is 35.0 Å². The van der Waals surface area contributed by atoms with Gasteiger partial charge in [-0.1, -0.05) is 32.9 Å². The number of carbonyl (C=O) groups is 2. The van der Waals surface area contributed by atoms with Gasteiger partial charge >= 0.3 is 12.4 Å². The van der Waals surface area contributed by atoms with Crippen LogP contribution < -0.4 is 14.8 Å². The lowest BCUT2D eigenvalue weighted by atomic mass is 9.87. The molecule has 0 unspecified atom stereocenters. The SMILES string of the molecule is COC(=O)NC[C@H](O)Cn1c(C(C)(C)C)cc2cc(CC(=O)C3(c4ccc5c(c4)OC(F)(F)O5)CC3)ccc21. The Kier molecular flexibility index (Phi) is 6.57. The summed E-state index contributed by atoms with van der Waals surface area (Å²) < 4.78 is 42.6. The Balaban J connectivity index is 1.37. The van der Waals surface area contributed by atoms with Gasteiger partial charge in [0.2, 0.25) is 0 Å². The monoisotopic (exact) mass is 542 g/mol. The normalized spacial score (nSPS) is 17.6. The first-order chi connectivity index (χ1) is 18.3. The number of nitrogens with one attached hydrogen (secondary N) is 1. The van der Waals surface area contributed by atoms with E-state index in [-0.39, 0.29) is 42.2 Å². The highest BCUT2D eigenvalue weighted by Crippen LogP contribution is 2.52. The lowest BCUT2D eigenvalue weighted by molar-refractivity contribution is -0.286. The van der Waals surface area contributed by atoms with E-state index in [1.54, 1.807) is 6.07 Å². The number of carbonyl (C=O) groups excluding carboxylic acids is 2. The Bertz CT molecular complexity index is 1440. The lowest BCUT2D eigenvalue weighted by Crippen LogP contribution is -2.35. The molecule has 1 aliphatic carbocycles. The standard InChI is InChI=1S/C29H32F2N2O6/c1-27(2,3)24-13-18-11-17(5-7-21(18)33(24)16-20(34)15-32-26(36)37-4)12-25(35)28(9-10-28)19-6-8-22-23(14-19)39-29(30,31)38-22/h5-8,11,13-14,20,34H,9-10,12,15-16H2,1-4H3,(H,32,36)/t20-/m0/s1. The number of aliphatic hydroxyl groups excluding tert-OH is 1. The average Bonchev–Trinajstić information content (AvgIpc) is 3.51. The van der Waals surface area contributed by atoms with Crippen LogP contribution in [-0.4, -0.2) is 47.6 Å². The quantitative estimate of drug-likeness (QED) is 0.424. The maximum Gasteiger partial charge on any atom is 0.586 e. The summed E-state index contributed by atoms with van der Waals surface area (Å²) in [6.45, 7) is 6.56. The highest BCUT2D eigenvalue weighted by Gasteiger charge is 2.52. The molecule has 0 spiro atoms. The molecule has 1 saturated carbocycles. The van der Waals surface area contributed by atoms with Crippen molar-refractivity contribution in [1.29, 1.82) is 0 Å². The minimum absolute atomic E-state index is 0.0206. The predicted molar refractivity (Wildman–Crippen MR) is 139 cm³/mol. The van der Waals surface area contributed by atoms with Crippen molar-refractivity contribution in [3.63, 3.8) is 0 Å². The molecule has 10 heteroatoms. The maximum absolute atomic E-state index is 13.5. The van der Waals surface area contributed by atoms with Crippen LogP contribution >= 0.6 is 0 Å². The van der Waals surface area contributed by atoms with E-state index in [0.717, 1.165) is 22.2 Å². The molecule has 2 aromatic carbocycles. The van der Waals surface area contributed by atoms with Crippen LogP contribution in [0.3, 0.4) is 0 Å². The van der Waals surface area contributed by atoms with Crippen LogP contribution in [0.15, 0.2) is 42.5 Å². The molecule has 1 fully saturated rings. The maximum atomic E-state index is 13.5. The van der Waals surface area contributed by atoms with E-state index in [9.17, 15) is 23.5 Å². The Labute approximate surface area is 224 Å².